The third-order valence-corrected chi connectivity index (χ3v) is 8.98. The molecule has 5 N–H and O–H groups in total. The van der Waals surface area contributed by atoms with Crippen molar-refractivity contribution in [1.82, 2.24) is 20.9 Å². The lowest BCUT2D eigenvalue weighted by Crippen LogP contribution is -2.45. The second-order valence-corrected chi connectivity index (χ2v) is 11.2. The summed E-state index contributed by atoms with van der Waals surface area (Å²) in [6.45, 7) is 9.43. The fourth-order valence-corrected chi connectivity index (χ4v) is 6.75. The number of carbonyl (C=O) groups excluding carboxylic acids is 2. The molecule has 0 bridgehead atoms. The third-order valence-electron chi connectivity index (χ3n) is 8.98. The Morgan fingerprint density at radius 1 is 1.05 bits per heavy atom. The Morgan fingerprint density at radius 3 is 2.30 bits per heavy atom. The molecule has 3 aliphatic rings. The quantitative estimate of drug-likeness (QED) is 0.345. The number of hydrogen-bond acceptors (Lipinski definition) is 6. The van der Waals surface area contributed by atoms with Crippen LogP contribution in [0.15, 0.2) is 55.3 Å². The number of nitrogens with zero attached hydrogens (tertiary/aromatic N) is 2. The van der Waals surface area contributed by atoms with Gasteiger partial charge in [-0.3, -0.25) is 9.59 Å². The average Bonchev–Trinajstić information content (AvgIpc) is 3.66. The van der Waals surface area contributed by atoms with Crippen molar-refractivity contribution in [2.75, 3.05) is 27.2 Å². The number of nitrogens with two attached hydrogens (primary N) is 1. The maximum absolute atomic E-state index is 13.6. The van der Waals surface area contributed by atoms with Gasteiger partial charge in [-0.2, -0.15) is 5.26 Å². The number of fused-ring (bicyclic) bond motifs is 3. The van der Waals surface area contributed by atoms with Gasteiger partial charge in [0.15, 0.2) is 0 Å². The van der Waals surface area contributed by atoms with E-state index in [1.807, 2.05) is 31.3 Å². The van der Waals surface area contributed by atoms with Crippen molar-refractivity contribution in [2.24, 2.45) is 11.7 Å². The number of hydrogen-bond donors (Lipinski definition) is 4. The van der Waals surface area contributed by atoms with E-state index in [-0.39, 0.29) is 11.9 Å². The van der Waals surface area contributed by atoms with Crippen molar-refractivity contribution in [3.05, 3.63) is 88.6 Å². The highest BCUT2D eigenvalue weighted by atomic mass is 16.2. The van der Waals surface area contributed by atoms with E-state index in [0.29, 0.717) is 49.9 Å². The van der Waals surface area contributed by atoms with E-state index in [9.17, 15) is 14.9 Å². The molecule has 0 aromatic heterocycles. The van der Waals surface area contributed by atoms with E-state index in [2.05, 4.69) is 46.1 Å². The van der Waals surface area contributed by atoms with E-state index >= 15 is 0 Å². The Morgan fingerprint density at radius 2 is 1.70 bits per heavy atom. The minimum absolute atomic E-state index is 0.105. The molecule has 1 saturated heterocycles. The second kappa shape index (κ2) is 10.8. The summed E-state index contributed by atoms with van der Waals surface area (Å²) in [4.78, 5) is 28.2. The summed E-state index contributed by atoms with van der Waals surface area (Å²) in [7, 11) is 3.44. The molecule has 208 valence electrons. The largest absolute Gasteiger partial charge is 0.388 e. The number of carbonyl (C=O) groups is 2. The minimum Gasteiger partial charge on any atom is -0.388 e. The van der Waals surface area contributed by atoms with Gasteiger partial charge in [0.05, 0.1) is 6.07 Å². The van der Waals surface area contributed by atoms with Gasteiger partial charge < -0.3 is 26.6 Å². The Labute approximate surface area is 236 Å². The van der Waals surface area contributed by atoms with Gasteiger partial charge in [-0.25, -0.2) is 0 Å². The van der Waals surface area contributed by atoms with Gasteiger partial charge in [-0.15, -0.1) is 0 Å². The zero-order valence-electron chi connectivity index (χ0n) is 23.3. The van der Waals surface area contributed by atoms with Gasteiger partial charge in [-0.05, 0) is 90.6 Å². The molecule has 4 atom stereocenters. The molecule has 2 aliphatic carbocycles. The van der Waals surface area contributed by atoms with Crippen molar-refractivity contribution < 1.29 is 9.59 Å². The molecule has 5 rings (SSSR count). The lowest BCUT2D eigenvalue weighted by atomic mass is 9.69. The summed E-state index contributed by atoms with van der Waals surface area (Å²) in [5.74, 6) is 0.0231. The number of nitriles is 1. The van der Waals surface area contributed by atoms with E-state index in [1.54, 1.807) is 13.1 Å². The Kier molecular flexibility index (Phi) is 7.43. The van der Waals surface area contributed by atoms with Crippen molar-refractivity contribution in [2.45, 2.75) is 49.6 Å². The lowest BCUT2D eigenvalue weighted by molar-refractivity contribution is -0.122. The summed E-state index contributed by atoms with van der Waals surface area (Å²) in [5.41, 5.74) is 12.2. The molecular formula is C32H38N6O2. The van der Waals surface area contributed by atoms with Crippen LogP contribution in [-0.2, 0) is 23.1 Å². The predicted octanol–water partition coefficient (Wildman–Crippen LogP) is 2.59. The predicted molar refractivity (Wildman–Crippen MR) is 156 cm³/mol. The molecule has 2 fully saturated rings. The number of aryl methyl sites for hydroxylation is 2. The normalized spacial score (nSPS) is 24.0. The fraction of sp³-hybridized carbons (Fsp3) is 0.406. The lowest BCUT2D eigenvalue weighted by Gasteiger charge is -2.34. The van der Waals surface area contributed by atoms with Crippen molar-refractivity contribution in [1.29, 1.82) is 5.26 Å². The summed E-state index contributed by atoms with van der Waals surface area (Å²) >= 11 is 0. The molecule has 40 heavy (non-hydrogen) atoms. The number of primary amides is 1. The zero-order valence-corrected chi connectivity index (χ0v) is 23.3. The van der Waals surface area contributed by atoms with Gasteiger partial charge in [-0.1, -0.05) is 31.4 Å². The summed E-state index contributed by atoms with van der Waals surface area (Å²) in [6, 6.07) is 14.4. The van der Waals surface area contributed by atoms with E-state index < -0.39 is 11.3 Å². The van der Waals surface area contributed by atoms with Gasteiger partial charge in [0.2, 0.25) is 5.91 Å². The van der Waals surface area contributed by atoms with Crippen LogP contribution in [0.25, 0.3) is 5.70 Å². The van der Waals surface area contributed by atoms with Crippen molar-refractivity contribution >= 4 is 17.5 Å². The van der Waals surface area contributed by atoms with E-state index in [1.165, 1.54) is 0 Å². The standard InChI is InChI=1S/C32H38N6O2/c1-19(38-26(17-33)15-25-16-29(25)38)18-37-12-11-32(31(34)40)27-9-7-21(20(2)35-3)13-22(27)5-6-23-14-24(30(39)36-4)8-10-28(23)32/h7-10,13-14,25-26,29,35,37H,1-2,5-6,11-12,15-16,18H2,3-4H3,(H2,34,40)(H,36,39)/t25-,26?,29+,32?/m1/s1. The van der Waals surface area contributed by atoms with Gasteiger partial charge in [0.25, 0.3) is 5.91 Å². The number of piperidine rings is 1. The highest BCUT2D eigenvalue weighted by Crippen LogP contribution is 2.49. The molecule has 2 unspecified atom stereocenters. The van der Waals surface area contributed by atoms with Gasteiger partial charge >= 0.3 is 0 Å². The highest BCUT2D eigenvalue weighted by molar-refractivity contribution is 5.96. The molecule has 2 amide bonds. The molecule has 1 heterocycles. The third kappa shape index (κ3) is 4.65. The van der Waals surface area contributed by atoms with Crippen LogP contribution < -0.4 is 21.7 Å². The van der Waals surface area contributed by atoms with Crippen LogP contribution in [0.5, 0.6) is 0 Å². The highest BCUT2D eigenvalue weighted by Gasteiger charge is 2.52. The Hall–Kier alpha value is -4.09. The second-order valence-electron chi connectivity index (χ2n) is 11.2. The van der Waals surface area contributed by atoms with Crippen LogP contribution in [-0.4, -0.2) is 56.0 Å². The Balaban J connectivity index is 1.47. The first-order valence-corrected chi connectivity index (χ1v) is 14.0. The summed E-state index contributed by atoms with van der Waals surface area (Å²) < 4.78 is 0. The number of nitrogens with one attached hydrogen (secondary N) is 3. The van der Waals surface area contributed by atoms with Crippen molar-refractivity contribution in [3.63, 3.8) is 0 Å². The first-order valence-electron chi connectivity index (χ1n) is 14.0. The average molecular weight is 539 g/mol. The molecule has 1 aliphatic heterocycles. The molecule has 2 aromatic rings. The molecule has 1 saturated carbocycles. The van der Waals surface area contributed by atoms with E-state index in [0.717, 1.165) is 52.1 Å². The SMILES string of the molecule is C=C(NC)c1ccc2c(c1)CCc1cc(C(=O)NC)ccc1C2(CCNCC(=C)N1C(C#N)C[C@@H]2C[C@@H]21)C(N)=O. The fourth-order valence-electron chi connectivity index (χ4n) is 6.75. The number of likely N-dealkylation sites (tertiary alicyclic amines) is 1. The topological polar surface area (TPSA) is 123 Å². The number of rotatable bonds is 10. The molecule has 8 heteroatoms. The smallest absolute Gasteiger partial charge is 0.251 e. The summed E-state index contributed by atoms with van der Waals surface area (Å²) in [5, 5.41) is 18.9. The molecular weight excluding hydrogens is 500 g/mol. The molecule has 0 radical (unpaired) electrons. The number of amides is 2. The van der Waals surface area contributed by atoms with Gasteiger partial charge in [0.1, 0.15) is 11.5 Å². The maximum atomic E-state index is 13.6. The van der Waals surface area contributed by atoms with Crippen LogP contribution in [0, 0.1) is 17.2 Å². The maximum Gasteiger partial charge on any atom is 0.251 e. The first-order chi connectivity index (χ1) is 19.2. The van der Waals surface area contributed by atoms with Crippen LogP contribution in [0.2, 0.25) is 0 Å². The van der Waals surface area contributed by atoms with Gasteiger partial charge in [0, 0.05) is 43.6 Å². The minimum atomic E-state index is -1.08. The van der Waals surface area contributed by atoms with Crippen LogP contribution in [0.4, 0.5) is 0 Å². The van der Waals surface area contributed by atoms with Crippen molar-refractivity contribution in [3.8, 4) is 6.07 Å². The van der Waals surface area contributed by atoms with Crippen LogP contribution in [0.1, 0.15) is 57.4 Å². The van der Waals surface area contributed by atoms with Crippen LogP contribution >= 0.6 is 0 Å². The zero-order chi connectivity index (χ0) is 28.6. The molecule has 8 nitrogen and oxygen atoms in total. The molecule has 0 spiro atoms. The Bertz CT molecular complexity index is 1360. The number of benzene rings is 2. The van der Waals surface area contributed by atoms with E-state index in [4.69, 9.17) is 5.73 Å². The molecule has 2 aromatic carbocycles. The monoisotopic (exact) mass is 538 g/mol. The summed E-state index contributed by atoms with van der Waals surface area (Å²) in [6.07, 6.45) is 3.87. The first kappa shape index (κ1) is 27.5. The van der Waals surface area contributed by atoms with Crippen LogP contribution in [0.3, 0.4) is 0 Å².